The minimum atomic E-state index is 0.0309. The third-order valence-electron chi connectivity index (χ3n) is 4.31. The largest absolute Gasteiger partial charge is 0.350 e. The van der Waals surface area contributed by atoms with Gasteiger partial charge >= 0.3 is 0 Å². The summed E-state index contributed by atoms with van der Waals surface area (Å²) in [5, 5.41) is 6.97. The van der Waals surface area contributed by atoms with Crippen LogP contribution in [0.15, 0.2) is 29.2 Å². The highest BCUT2D eigenvalue weighted by Crippen LogP contribution is 2.27. The van der Waals surface area contributed by atoms with E-state index in [0.717, 1.165) is 42.9 Å². The highest BCUT2D eigenvalue weighted by atomic mass is 32.1. The van der Waals surface area contributed by atoms with Crippen LogP contribution >= 0.6 is 11.3 Å². The first-order valence-corrected chi connectivity index (χ1v) is 8.93. The zero-order valence-corrected chi connectivity index (χ0v) is 14.2. The Morgan fingerprint density at radius 2 is 2.13 bits per heavy atom. The zero-order chi connectivity index (χ0) is 16.1. The molecule has 0 aromatic carbocycles. The highest BCUT2D eigenvalue weighted by Gasteiger charge is 2.22. The van der Waals surface area contributed by atoms with Crippen LogP contribution in [0.4, 0.5) is 0 Å². The van der Waals surface area contributed by atoms with E-state index >= 15 is 0 Å². The SMILES string of the molecule is CN1CCC(c2nccnc2CNC(=O)Cc2ccsc2)CC1. The Morgan fingerprint density at radius 1 is 1.35 bits per heavy atom. The molecule has 2 aromatic heterocycles. The summed E-state index contributed by atoms with van der Waals surface area (Å²) in [5.41, 5.74) is 3.01. The van der Waals surface area contributed by atoms with Crippen molar-refractivity contribution in [1.82, 2.24) is 20.2 Å². The van der Waals surface area contributed by atoms with Crippen molar-refractivity contribution in [3.8, 4) is 0 Å². The lowest BCUT2D eigenvalue weighted by Gasteiger charge is -2.29. The summed E-state index contributed by atoms with van der Waals surface area (Å²) in [7, 11) is 2.15. The Balaban J connectivity index is 1.60. The van der Waals surface area contributed by atoms with Gasteiger partial charge in [-0.1, -0.05) is 0 Å². The third kappa shape index (κ3) is 4.36. The Labute approximate surface area is 140 Å². The fourth-order valence-corrected chi connectivity index (χ4v) is 3.63. The number of carbonyl (C=O) groups is 1. The average Bonchev–Trinajstić information content (AvgIpc) is 3.07. The summed E-state index contributed by atoms with van der Waals surface area (Å²) in [5.74, 6) is 0.479. The molecule has 0 radical (unpaired) electrons. The monoisotopic (exact) mass is 330 g/mol. The molecule has 0 aliphatic carbocycles. The van der Waals surface area contributed by atoms with E-state index in [2.05, 4.69) is 27.2 Å². The van der Waals surface area contributed by atoms with Crippen LogP contribution in [0.1, 0.15) is 35.7 Å². The summed E-state index contributed by atoms with van der Waals surface area (Å²) >= 11 is 1.61. The van der Waals surface area contributed by atoms with Gasteiger partial charge in [-0.05, 0) is 55.4 Å². The smallest absolute Gasteiger partial charge is 0.224 e. The molecule has 1 N–H and O–H groups in total. The summed E-state index contributed by atoms with van der Waals surface area (Å²) in [6.45, 7) is 2.63. The second-order valence-electron chi connectivity index (χ2n) is 6.05. The Morgan fingerprint density at radius 3 is 2.87 bits per heavy atom. The lowest BCUT2D eigenvalue weighted by molar-refractivity contribution is -0.120. The van der Waals surface area contributed by atoms with Gasteiger partial charge in [0, 0.05) is 18.3 Å². The molecule has 0 unspecified atom stereocenters. The molecule has 122 valence electrons. The van der Waals surface area contributed by atoms with Crippen molar-refractivity contribution < 1.29 is 4.79 Å². The molecule has 0 bridgehead atoms. The van der Waals surface area contributed by atoms with Crippen molar-refractivity contribution in [2.24, 2.45) is 0 Å². The van der Waals surface area contributed by atoms with E-state index in [-0.39, 0.29) is 5.91 Å². The van der Waals surface area contributed by atoms with Gasteiger partial charge in [0.1, 0.15) is 0 Å². The minimum Gasteiger partial charge on any atom is -0.350 e. The van der Waals surface area contributed by atoms with Crippen molar-refractivity contribution in [2.75, 3.05) is 20.1 Å². The number of piperidine rings is 1. The van der Waals surface area contributed by atoms with Crippen molar-refractivity contribution in [2.45, 2.75) is 31.7 Å². The van der Waals surface area contributed by atoms with Crippen molar-refractivity contribution in [1.29, 1.82) is 0 Å². The number of nitrogens with zero attached hydrogens (tertiary/aromatic N) is 3. The number of aromatic nitrogens is 2. The number of thiophene rings is 1. The number of hydrogen-bond acceptors (Lipinski definition) is 5. The lowest BCUT2D eigenvalue weighted by atomic mass is 9.92. The molecule has 1 aliphatic heterocycles. The summed E-state index contributed by atoms with van der Waals surface area (Å²) in [6, 6.07) is 1.98. The topological polar surface area (TPSA) is 58.1 Å². The predicted molar refractivity (Wildman–Crippen MR) is 91.4 cm³/mol. The maximum absolute atomic E-state index is 12.1. The van der Waals surface area contributed by atoms with Crippen LogP contribution in [0, 0.1) is 0 Å². The molecule has 0 spiro atoms. The summed E-state index contributed by atoms with van der Waals surface area (Å²) in [6.07, 6.45) is 6.09. The maximum Gasteiger partial charge on any atom is 0.224 e. The maximum atomic E-state index is 12.1. The first kappa shape index (κ1) is 16.1. The molecule has 23 heavy (non-hydrogen) atoms. The standard InChI is InChI=1S/C17H22N4OS/c1-21-7-2-14(3-8-21)17-15(18-5-6-19-17)11-20-16(22)10-13-4-9-23-12-13/h4-6,9,12,14H,2-3,7-8,10-11H2,1H3,(H,20,22). The predicted octanol–water partition coefficient (Wildman–Crippen LogP) is 2.21. The molecule has 1 amide bonds. The van der Waals surface area contributed by atoms with E-state index in [1.54, 1.807) is 23.7 Å². The number of carbonyl (C=O) groups excluding carboxylic acids is 1. The second kappa shape index (κ2) is 7.66. The van der Waals surface area contributed by atoms with Gasteiger partial charge in [-0.15, -0.1) is 0 Å². The third-order valence-corrected chi connectivity index (χ3v) is 5.04. The van der Waals surface area contributed by atoms with Gasteiger partial charge in [0.05, 0.1) is 24.4 Å². The van der Waals surface area contributed by atoms with Gasteiger partial charge in [0.15, 0.2) is 0 Å². The van der Waals surface area contributed by atoms with Gasteiger partial charge in [-0.25, -0.2) is 0 Å². The van der Waals surface area contributed by atoms with Crippen LogP contribution in [-0.2, 0) is 17.8 Å². The number of amides is 1. The molecule has 2 aromatic rings. The molecule has 6 heteroatoms. The Hall–Kier alpha value is -1.79. The van der Waals surface area contributed by atoms with E-state index in [4.69, 9.17) is 0 Å². The quantitative estimate of drug-likeness (QED) is 0.913. The van der Waals surface area contributed by atoms with Crippen molar-refractivity contribution in [3.05, 3.63) is 46.2 Å². The van der Waals surface area contributed by atoms with E-state index in [0.29, 0.717) is 18.9 Å². The molecule has 0 atom stereocenters. The average molecular weight is 330 g/mol. The van der Waals surface area contributed by atoms with E-state index in [1.165, 1.54) is 0 Å². The number of likely N-dealkylation sites (tertiary alicyclic amines) is 1. The zero-order valence-electron chi connectivity index (χ0n) is 13.4. The molecular weight excluding hydrogens is 308 g/mol. The first-order chi connectivity index (χ1) is 11.2. The van der Waals surface area contributed by atoms with E-state index in [1.807, 2.05) is 16.8 Å². The fourth-order valence-electron chi connectivity index (χ4n) is 2.96. The van der Waals surface area contributed by atoms with Gasteiger partial charge in [-0.3, -0.25) is 14.8 Å². The van der Waals surface area contributed by atoms with Gasteiger partial charge < -0.3 is 10.2 Å². The first-order valence-electron chi connectivity index (χ1n) is 7.98. The Bertz CT molecular complexity index is 636. The Kier molecular flexibility index (Phi) is 5.35. The van der Waals surface area contributed by atoms with Crippen LogP contribution in [0.25, 0.3) is 0 Å². The molecule has 1 fully saturated rings. The number of rotatable bonds is 5. The second-order valence-corrected chi connectivity index (χ2v) is 6.83. The number of hydrogen-bond donors (Lipinski definition) is 1. The van der Waals surface area contributed by atoms with Crippen LogP contribution in [0.2, 0.25) is 0 Å². The summed E-state index contributed by atoms with van der Waals surface area (Å²) < 4.78 is 0. The van der Waals surface area contributed by atoms with Crippen molar-refractivity contribution in [3.63, 3.8) is 0 Å². The van der Waals surface area contributed by atoms with Gasteiger partial charge in [-0.2, -0.15) is 11.3 Å². The highest BCUT2D eigenvalue weighted by molar-refractivity contribution is 7.07. The van der Waals surface area contributed by atoms with E-state index in [9.17, 15) is 4.79 Å². The number of nitrogens with one attached hydrogen (secondary N) is 1. The molecule has 1 aliphatic rings. The minimum absolute atomic E-state index is 0.0309. The molecule has 0 saturated carbocycles. The van der Waals surface area contributed by atoms with Crippen LogP contribution in [0.5, 0.6) is 0 Å². The normalized spacial score (nSPS) is 16.4. The van der Waals surface area contributed by atoms with Crippen molar-refractivity contribution >= 4 is 17.2 Å². The molecule has 3 heterocycles. The summed E-state index contributed by atoms with van der Waals surface area (Å²) in [4.78, 5) is 23.4. The molecule has 1 saturated heterocycles. The molecular formula is C17H22N4OS. The van der Waals surface area contributed by atoms with Gasteiger partial charge in [0.2, 0.25) is 5.91 Å². The fraction of sp³-hybridized carbons (Fsp3) is 0.471. The van der Waals surface area contributed by atoms with Crippen LogP contribution < -0.4 is 5.32 Å². The van der Waals surface area contributed by atoms with Gasteiger partial charge in [0.25, 0.3) is 0 Å². The van der Waals surface area contributed by atoms with Crippen LogP contribution in [0.3, 0.4) is 0 Å². The lowest BCUT2D eigenvalue weighted by Crippen LogP contribution is -2.31. The molecule has 5 nitrogen and oxygen atoms in total. The van der Waals surface area contributed by atoms with E-state index < -0.39 is 0 Å². The van der Waals surface area contributed by atoms with Crippen LogP contribution in [-0.4, -0.2) is 40.9 Å². The molecule has 3 rings (SSSR count).